The average molecular weight is 278 g/mol. The van der Waals surface area contributed by atoms with Gasteiger partial charge in [-0.3, -0.25) is 4.79 Å². The smallest absolute Gasteiger partial charge is 0.322 e. The van der Waals surface area contributed by atoms with E-state index >= 15 is 0 Å². The van der Waals surface area contributed by atoms with Crippen LogP contribution in [0.4, 0.5) is 0 Å². The zero-order valence-corrected chi connectivity index (χ0v) is 11.9. The Morgan fingerprint density at radius 3 is 2.44 bits per heavy atom. The van der Waals surface area contributed by atoms with Crippen molar-refractivity contribution in [2.75, 3.05) is 6.54 Å². The molecule has 0 bridgehead atoms. The van der Waals surface area contributed by atoms with E-state index in [1.54, 1.807) is 13.8 Å². The molecule has 1 saturated heterocycles. The van der Waals surface area contributed by atoms with Crippen molar-refractivity contribution in [2.45, 2.75) is 52.1 Å². The number of nitrogens with one attached hydrogen (secondary N) is 1. The zero-order valence-electron chi connectivity index (χ0n) is 11.1. The van der Waals surface area contributed by atoms with Gasteiger partial charge in [0.05, 0.1) is 0 Å². The molecule has 7 heteroatoms. The first-order valence-electron chi connectivity index (χ1n) is 6.27. The van der Waals surface area contributed by atoms with Gasteiger partial charge in [0.15, 0.2) is 0 Å². The predicted octanol–water partition coefficient (Wildman–Crippen LogP) is 0.804. The van der Waals surface area contributed by atoms with Crippen molar-refractivity contribution < 1.29 is 18.3 Å². The van der Waals surface area contributed by atoms with Crippen molar-refractivity contribution in [3.63, 3.8) is 0 Å². The number of carbonyl (C=O) groups is 1. The van der Waals surface area contributed by atoms with E-state index in [0.717, 1.165) is 19.3 Å². The maximum Gasteiger partial charge on any atom is 0.322 e. The summed E-state index contributed by atoms with van der Waals surface area (Å²) in [6, 6.07) is -1.15. The molecule has 0 radical (unpaired) electrons. The van der Waals surface area contributed by atoms with Crippen LogP contribution < -0.4 is 4.72 Å². The zero-order chi connectivity index (χ0) is 13.9. The lowest BCUT2D eigenvalue weighted by molar-refractivity contribution is -0.140. The summed E-state index contributed by atoms with van der Waals surface area (Å²) in [6.07, 6.45) is 2.66. The number of rotatable bonds is 5. The number of aliphatic carboxylic acids is 1. The molecule has 1 rings (SSSR count). The van der Waals surface area contributed by atoms with E-state index in [4.69, 9.17) is 5.11 Å². The van der Waals surface area contributed by atoms with Gasteiger partial charge in [-0.05, 0) is 25.7 Å². The van der Waals surface area contributed by atoms with Crippen LogP contribution in [-0.2, 0) is 15.0 Å². The highest BCUT2D eigenvalue weighted by molar-refractivity contribution is 7.87. The number of hydrogen-bond acceptors (Lipinski definition) is 3. The largest absolute Gasteiger partial charge is 0.480 e. The van der Waals surface area contributed by atoms with Gasteiger partial charge in [-0.25, -0.2) is 0 Å². The maximum atomic E-state index is 12.2. The topological polar surface area (TPSA) is 86.7 Å². The summed E-state index contributed by atoms with van der Waals surface area (Å²) in [6.45, 7) is 5.67. The van der Waals surface area contributed by atoms with Crippen molar-refractivity contribution in [1.29, 1.82) is 0 Å². The molecule has 18 heavy (non-hydrogen) atoms. The van der Waals surface area contributed by atoms with Crippen LogP contribution in [0.5, 0.6) is 0 Å². The van der Waals surface area contributed by atoms with Crippen LogP contribution in [0, 0.1) is 5.92 Å². The molecule has 0 spiro atoms. The highest BCUT2D eigenvalue weighted by Crippen LogP contribution is 2.19. The molecule has 6 nitrogen and oxygen atoms in total. The highest BCUT2D eigenvalue weighted by atomic mass is 32.2. The molecule has 0 aromatic carbocycles. The van der Waals surface area contributed by atoms with E-state index in [-0.39, 0.29) is 12.0 Å². The lowest BCUT2D eigenvalue weighted by Crippen LogP contribution is -2.53. The van der Waals surface area contributed by atoms with Crippen LogP contribution >= 0.6 is 0 Å². The SMILES string of the molecule is CC(C)C(NS(=O)(=O)N1CCCCC1C)C(=O)O. The van der Waals surface area contributed by atoms with Crippen LogP contribution in [0.2, 0.25) is 0 Å². The number of nitrogens with zero attached hydrogens (tertiary/aromatic N) is 1. The van der Waals surface area contributed by atoms with E-state index in [1.165, 1.54) is 4.31 Å². The van der Waals surface area contributed by atoms with Gasteiger partial charge in [-0.2, -0.15) is 17.4 Å². The van der Waals surface area contributed by atoms with Crippen molar-refractivity contribution in [1.82, 2.24) is 9.03 Å². The van der Waals surface area contributed by atoms with Gasteiger partial charge in [0.1, 0.15) is 6.04 Å². The van der Waals surface area contributed by atoms with Gasteiger partial charge in [-0.1, -0.05) is 20.3 Å². The van der Waals surface area contributed by atoms with Crippen LogP contribution in [0.15, 0.2) is 0 Å². The molecule has 0 saturated carbocycles. The third-order valence-electron chi connectivity index (χ3n) is 3.26. The van der Waals surface area contributed by atoms with E-state index in [9.17, 15) is 13.2 Å². The molecule has 1 aliphatic rings. The summed E-state index contributed by atoms with van der Waals surface area (Å²) in [5, 5.41) is 9.03. The minimum Gasteiger partial charge on any atom is -0.480 e. The van der Waals surface area contributed by atoms with Crippen LogP contribution in [0.3, 0.4) is 0 Å². The van der Waals surface area contributed by atoms with Gasteiger partial charge in [-0.15, -0.1) is 0 Å². The Morgan fingerprint density at radius 2 is 2.00 bits per heavy atom. The quantitative estimate of drug-likeness (QED) is 0.779. The average Bonchev–Trinajstić information content (AvgIpc) is 2.25. The van der Waals surface area contributed by atoms with Crippen molar-refractivity contribution >= 4 is 16.2 Å². The maximum absolute atomic E-state index is 12.2. The number of carboxylic acids is 1. The third-order valence-corrected chi connectivity index (χ3v) is 4.97. The van der Waals surface area contributed by atoms with E-state index in [1.807, 2.05) is 6.92 Å². The number of hydrogen-bond donors (Lipinski definition) is 2. The number of carboxylic acid groups (broad SMARTS) is 1. The Hall–Kier alpha value is -0.660. The Bertz CT molecular complexity index is 394. The molecular formula is C11H22N2O4S. The Balaban J connectivity index is 2.82. The predicted molar refractivity (Wildman–Crippen MR) is 68.3 cm³/mol. The fraction of sp³-hybridized carbons (Fsp3) is 0.909. The first kappa shape index (κ1) is 15.4. The molecule has 2 N–H and O–H groups in total. The first-order chi connectivity index (χ1) is 8.25. The normalized spacial score (nSPS) is 24.1. The number of piperidine rings is 1. The Morgan fingerprint density at radius 1 is 1.39 bits per heavy atom. The van der Waals surface area contributed by atoms with E-state index < -0.39 is 22.2 Å². The summed E-state index contributed by atoms with van der Waals surface area (Å²) in [5.41, 5.74) is 0. The van der Waals surface area contributed by atoms with Gasteiger partial charge < -0.3 is 5.11 Å². The summed E-state index contributed by atoms with van der Waals surface area (Å²) in [7, 11) is -3.72. The Kier molecular flexibility index (Phi) is 5.12. The van der Waals surface area contributed by atoms with Crippen LogP contribution in [0.25, 0.3) is 0 Å². The molecule has 0 aromatic rings. The summed E-state index contributed by atoms with van der Waals surface area (Å²) in [4.78, 5) is 11.0. The van der Waals surface area contributed by atoms with Gasteiger partial charge in [0.2, 0.25) is 0 Å². The first-order valence-corrected chi connectivity index (χ1v) is 7.71. The van der Waals surface area contributed by atoms with Gasteiger partial charge in [0, 0.05) is 12.6 Å². The molecule has 2 unspecified atom stereocenters. The lowest BCUT2D eigenvalue weighted by atomic mass is 10.1. The summed E-state index contributed by atoms with van der Waals surface area (Å²) in [5.74, 6) is -1.43. The molecule has 2 atom stereocenters. The third kappa shape index (κ3) is 3.66. The molecule has 1 heterocycles. The van der Waals surface area contributed by atoms with Crippen molar-refractivity contribution in [3.05, 3.63) is 0 Å². The fourth-order valence-electron chi connectivity index (χ4n) is 2.13. The minimum absolute atomic E-state index is 0.0714. The molecule has 106 valence electrons. The fourth-order valence-corrected chi connectivity index (χ4v) is 3.91. The van der Waals surface area contributed by atoms with E-state index in [0.29, 0.717) is 6.54 Å². The second-order valence-electron chi connectivity index (χ2n) is 5.14. The van der Waals surface area contributed by atoms with Gasteiger partial charge >= 0.3 is 5.97 Å². The molecule has 0 amide bonds. The highest BCUT2D eigenvalue weighted by Gasteiger charge is 2.34. The summed E-state index contributed by atoms with van der Waals surface area (Å²) < 4.78 is 28.0. The minimum atomic E-state index is -3.72. The van der Waals surface area contributed by atoms with Crippen molar-refractivity contribution in [3.8, 4) is 0 Å². The van der Waals surface area contributed by atoms with E-state index in [2.05, 4.69) is 4.72 Å². The molecule has 0 aromatic heterocycles. The second kappa shape index (κ2) is 5.99. The summed E-state index contributed by atoms with van der Waals surface area (Å²) >= 11 is 0. The molecule has 1 aliphatic heterocycles. The monoisotopic (exact) mass is 278 g/mol. The lowest BCUT2D eigenvalue weighted by Gasteiger charge is -2.33. The van der Waals surface area contributed by atoms with Gasteiger partial charge in [0.25, 0.3) is 10.2 Å². The van der Waals surface area contributed by atoms with Crippen molar-refractivity contribution in [2.24, 2.45) is 5.92 Å². The second-order valence-corrected chi connectivity index (χ2v) is 6.79. The van der Waals surface area contributed by atoms with Crippen LogP contribution in [-0.4, -0.2) is 42.4 Å². The Labute approximate surface area is 109 Å². The standard InChI is InChI=1S/C11H22N2O4S/c1-8(2)10(11(14)15)12-18(16,17)13-7-5-4-6-9(13)3/h8-10,12H,4-7H2,1-3H3,(H,14,15). The molecule has 0 aliphatic carbocycles. The van der Waals surface area contributed by atoms with Crippen LogP contribution in [0.1, 0.15) is 40.0 Å². The molecular weight excluding hydrogens is 256 g/mol. The molecule has 1 fully saturated rings.